The number of hydrogen-bond donors (Lipinski definition) is 2. The molecule has 5 heterocycles. The Morgan fingerprint density at radius 3 is 1.94 bits per heavy atom. The minimum atomic E-state index is -5.18. The summed E-state index contributed by atoms with van der Waals surface area (Å²) in [5.41, 5.74) is -8.67. The first-order chi connectivity index (χ1) is 37.3. The smallest absolute Gasteiger partial charge is 0.400 e. The summed E-state index contributed by atoms with van der Waals surface area (Å²) in [6.45, 7) is 7.06. The van der Waals surface area contributed by atoms with E-state index in [1.165, 1.54) is 50.6 Å². The lowest BCUT2D eigenvalue weighted by atomic mass is 9.85. The highest BCUT2D eigenvalue weighted by Gasteiger charge is 2.64. The van der Waals surface area contributed by atoms with Crippen molar-refractivity contribution < 1.29 is 91.2 Å². The predicted molar refractivity (Wildman–Crippen MR) is 261 cm³/mol. The number of carbonyl (C=O) groups is 1. The zero-order valence-corrected chi connectivity index (χ0v) is 43.7. The quantitative estimate of drug-likeness (QED) is 0.0278. The number of unbranched alkanes of at least 4 members (excludes halogenated alkanes) is 3. The molecule has 2 aromatic carbocycles. The van der Waals surface area contributed by atoms with Gasteiger partial charge in [0.05, 0.1) is 59.8 Å². The number of nitrogens with zero attached hydrogens (tertiary/aromatic N) is 6. The molecule has 1 amide bonds. The lowest BCUT2D eigenvalue weighted by Crippen LogP contribution is -2.74. The summed E-state index contributed by atoms with van der Waals surface area (Å²) in [5.74, 6) is -6.75. The van der Waals surface area contributed by atoms with Gasteiger partial charge >= 0.3 is 29.5 Å². The van der Waals surface area contributed by atoms with Gasteiger partial charge in [-0.15, -0.1) is 16.2 Å². The fraction of sp³-hybridized carbons (Fsp3) is 0.415. The molecule has 0 bridgehead atoms. The number of pyridine rings is 2. The lowest BCUT2D eigenvalue weighted by molar-refractivity contribution is -0.962. The van der Waals surface area contributed by atoms with Crippen LogP contribution in [0.4, 0.5) is 48.4 Å². The van der Waals surface area contributed by atoms with E-state index in [0.29, 0.717) is 72.2 Å². The molecule has 0 saturated carbocycles. The van der Waals surface area contributed by atoms with E-state index in [1.807, 2.05) is 6.92 Å². The van der Waals surface area contributed by atoms with Crippen molar-refractivity contribution in [3.05, 3.63) is 142 Å². The Kier molecular flexibility index (Phi) is 23.3. The molecule has 25 heteroatoms. The Labute approximate surface area is 447 Å². The van der Waals surface area contributed by atoms with Crippen LogP contribution in [0.5, 0.6) is 0 Å². The van der Waals surface area contributed by atoms with Crippen LogP contribution in [0.2, 0.25) is 0 Å². The molecule has 1 atom stereocenters. The molecule has 7 rings (SSSR count). The largest absolute Gasteiger partial charge is 0.423 e. The number of nitrogens with one attached hydrogen (secondary N) is 1. The molecular weight excluding hydrogens is 1080 g/mol. The van der Waals surface area contributed by atoms with E-state index in [-0.39, 0.29) is 61.2 Å². The molecule has 0 radical (unpaired) electrons. The van der Waals surface area contributed by atoms with Crippen molar-refractivity contribution in [3.63, 3.8) is 0 Å². The van der Waals surface area contributed by atoms with Crippen molar-refractivity contribution in [1.82, 2.24) is 20.3 Å². The van der Waals surface area contributed by atoms with Crippen molar-refractivity contribution in [3.8, 4) is 34.2 Å². The molecule has 0 fully saturated rings. The average molecular weight is 1130 g/mol. The first-order valence-electron chi connectivity index (χ1n) is 24.4. The second kappa shape index (κ2) is 29.1. The molecule has 6 aromatic rings. The number of hydrogen-bond acceptors (Lipinski definition) is 9. The van der Waals surface area contributed by atoms with Gasteiger partial charge in [-0.05, 0) is 61.4 Å². The zero-order valence-electron chi connectivity index (χ0n) is 42.9. The van der Waals surface area contributed by atoms with E-state index < -0.39 is 92.2 Å². The third-order valence-electron chi connectivity index (χ3n) is 11.9. The molecule has 13 nitrogen and oxygen atoms in total. The van der Waals surface area contributed by atoms with Crippen LogP contribution in [0.1, 0.15) is 72.4 Å². The van der Waals surface area contributed by atoms with Crippen molar-refractivity contribution in [1.29, 1.82) is 0 Å². The van der Waals surface area contributed by atoms with Gasteiger partial charge in [-0.2, -0.15) is 30.9 Å². The van der Waals surface area contributed by atoms with E-state index in [2.05, 4.69) is 20.3 Å². The monoisotopic (exact) mass is 1130 g/mol. The first-order valence-corrected chi connectivity index (χ1v) is 24.9. The highest BCUT2D eigenvalue weighted by atomic mass is 35.5. The molecule has 0 saturated heterocycles. The van der Waals surface area contributed by atoms with Gasteiger partial charge in [0, 0.05) is 99.9 Å². The van der Waals surface area contributed by atoms with Gasteiger partial charge in [0.15, 0.2) is 18.2 Å². The first kappa shape index (κ1) is 62.5. The maximum absolute atomic E-state index is 16.6. The summed E-state index contributed by atoms with van der Waals surface area (Å²) < 4.78 is 188. The third kappa shape index (κ3) is 15.5. The minimum absolute atomic E-state index is 0.00501. The normalized spacial score (nSPS) is 13.8. The van der Waals surface area contributed by atoms with Crippen LogP contribution in [-0.4, -0.2) is 98.9 Å². The van der Waals surface area contributed by atoms with Crippen LogP contribution in [0.25, 0.3) is 34.2 Å². The van der Waals surface area contributed by atoms with Gasteiger partial charge in [0.25, 0.3) is 5.69 Å². The molecule has 0 aliphatic carbocycles. The van der Waals surface area contributed by atoms with Gasteiger partial charge in [-0.1, -0.05) is 12.8 Å². The Balaban J connectivity index is 0.000000840. The van der Waals surface area contributed by atoms with Gasteiger partial charge in [-0.25, -0.2) is 27.5 Å². The van der Waals surface area contributed by atoms with Gasteiger partial charge < -0.3 is 29.4 Å². The number of fused-ring (bicyclic) bond motifs is 3. The molecule has 0 spiro atoms. The van der Waals surface area contributed by atoms with Crippen LogP contribution in [-0.2, 0) is 48.2 Å². The molecule has 422 valence electrons. The van der Waals surface area contributed by atoms with E-state index >= 15 is 22.0 Å². The number of rotatable bonds is 23. The highest BCUT2D eigenvalue weighted by molar-refractivity contribution is 6.17. The van der Waals surface area contributed by atoms with Gasteiger partial charge in [0.1, 0.15) is 40.6 Å². The number of aliphatic hydroxyl groups excluding tert-OH is 1. The fourth-order valence-corrected chi connectivity index (χ4v) is 8.55. The van der Waals surface area contributed by atoms with Crippen LogP contribution in [0, 0.1) is 30.2 Å². The summed E-state index contributed by atoms with van der Waals surface area (Å²) in [6.07, 6.45) is -1.98. The number of aryl methyl sites for hydroxylation is 2. The second-order valence-corrected chi connectivity index (χ2v) is 17.6. The number of ether oxygens (including phenoxy) is 4. The third-order valence-corrected chi connectivity index (χ3v) is 12.1. The second-order valence-electron chi connectivity index (χ2n) is 17.2. The predicted octanol–water partition coefficient (Wildman–Crippen LogP) is 9.14. The fourth-order valence-electron chi connectivity index (χ4n) is 8.36. The Morgan fingerprint density at radius 1 is 0.705 bits per heavy atom. The van der Waals surface area contributed by atoms with Crippen molar-refractivity contribution >= 4 is 17.5 Å². The number of aliphatic hydroxyl groups is 1. The van der Waals surface area contributed by atoms with Crippen LogP contribution in [0.15, 0.2) is 85.7 Å². The average Bonchev–Trinajstić information content (AvgIpc) is 3.96. The zero-order chi connectivity index (χ0) is 57.2. The van der Waals surface area contributed by atoms with E-state index in [9.17, 15) is 31.1 Å². The van der Waals surface area contributed by atoms with Crippen LogP contribution < -0.4 is 19.2 Å². The molecule has 1 aliphatic rings. The van der Waals surface area contributed by atoms with Gasteiger partial charge in [-0.3, -0.25) is 4.79 Å². The number of methoxy groups -OCH3 is 1. The summed E-state index contributed by atoms with van der Waals surface area (Å²) in [7, 11) is 2.54. The minimum Gasteiger partial charge on any atom is -0.400 e. The van der Waals surface area contributed by atoms with Crippen molar-refractivity contribution in [2.75, 3.05) is 72.9 Å². The number of halogens is 12. The van der Waals surface area contributed by atoms with Crippen LogP contribution in [0.3, 0.4) is 0 Å². The van der Waals surface area contributed by atoms with Crippen molar-refractivity contribution in [2.24, 2.45) is 0 Å². The molecule has 78 heavy (non-hydrogen) atoms. The summed E-state index contributed by atoms with van der Waals surface area (Å²) in [5, 5.41) is 9.69. The molecule has 0 unspecified atom stereocenters. The molecular formula is C53H58ClF11N7O6+3. The van der Waals surface area contributed by atoms with Crippen molar-refractivity contribution in [2.45, 2.75) is 70.4 Å². The van der Waals surface area contributed by atoms with E-state index in [0.717, 1.165) is 49.6 Å². The van der Waals surface area contributed by atoms with Gasteiger partial charge in [0.2, 0.25) is 12.1 Å². The summed E-state index contributed by atoms with van der Waals surface area (Å²) >= 11 is 5.51. The number of benzene rings is 2. The summed E-state index contributed by atoms with van der Waals surface area (Å²) in [4.78, 5) is 24.2. The Hall–Kier alpha value is -6.31. The Bertz CT molecular complexity index is 2930. The van der Waals surface area contributed by atoms with E-state index in [4.69, 9.17) is 35.7 Å². The van der Waals surface area contributed by atoms with Crippen LogP contribution >= 0.6 is 11.6 Å². The number of carbonyl (C=O) groups excluding carboxylic acids is 1. The SMILES string of the molecule is CCOCCCCCCCl.CO.COCCOCCOCCNC(=O)CCc1cc[n+](F)c(-c2cc(C)cc[n+]2[C@]2(c3cc(F)cc(F)c3-c3ncc(C(F)(F)F)cn3)c3cc(F)cc(F)c3-c3ncc(C(F)(F)F)c[n+]32)c1. The molecule has 4 aromatic heterocycles. The number of amides is 1. The molecule has 1 aliphatic heterocycles. The lowest BCUT2D eigenvalue weighted by Gasteiger charge is -2.27. The topological polar surface area (TPSA) is 137 Å². The highest BCUT2D eigenvalue weighted by Crippen LogP contribution is 2.46. The maximum Gasteiger partial charge on any atom is 0.423 e. The maximum atomic E-state index is 16.6. The number of alkyl halides is 7. The summed E-state index contributed by atoms with van der Waals surface area (Å²) in [6, 6.07) is 7.26. The Morgan fingerprint density at radius 2 is 1.31 bits per heavy atom. The standard InChI is InChI=1S/C44H36F11N7O4.C8H17ClO.CH4O/c1-25-5-8-60(35(15-25)36-16-26(6-9-62(36)55)3-4-37(63)56-7-10-65-13-14-66-12-11-64-2)42(31-17-29(45)19-33(47)38(31)40-57-21-27(22-58-40)43(49,50)51)32-18-30(46)20-34(48)39(32)41-59-23-28(24-61(41)42)44(52,53)54;1-2-10-8-6-4-3-5-7-9;1-2/h5-6,8-9,15-24H,3-4,7,10-14H2,1-2H3;2-8H2,1H3;2H,1H3/q+2;;/p+1/t42-;;/m0../s1. The number of aromatic nitrogens is 6. The van der Waals surface area contributed by atoms with E-state index in [1.54, 1.807) is 6.92 Å². The molecule has 2 N–H and O–H groups in total.